The highest BCUT2D eigenvalue weighted by molar-refractivity contribution is 5.70. The highest BCUT2D eigenvalue weighted by Crippen LogP contribution is 1.91. The second kappa shape index (κ2) is 7.47. The van der Waals surface area contributed by atoms with E-state index in [0.29, 0.717) is 24.7 Å². The van der Waals surface area contributed by atoms with Crippen molar-refractivity contribution >= 4 is 6.03 Å². The first-order chi connectivity index (χ1) is 6.67. The van der Waals surface area contributed by atoms with Crippen molar-refractivity contribution in [2.24, 2.45) is 11.6 Å². The topological polar surface area (TPSA) is 106 Å². The van der Waals surface area contributed by atoms with E-state index in [4.69, 9.17) is 16.4 Å². The molecule has 0 atom stereocenters. The summed E-state index contributed by atoms with van der Waals surface area (Å²) in [7, 11) is 2.60. The van der Waals surface area contributed by atoms with Gasteiger partial charge in [0.25, 0.3) is 0 Å². The fraction of sp³-hybridized carbons (Fsp3) is 0.833. The van der Waals surface area contributed by atoms with Crippen LogP contribution in [0.15, 0.2) is 0 Å². The van der Waals surface area contributed by atoms with Crippen molar-refractivity contribution in [2.45, 2.75) is 6.42 Å². The van der Waals surface area contributed by atoms with Gasteiger partial charge in [-0.05, 0) is 13.0 Å². The Morgan fingerprint density at radius 2 is 2.07 bits per heavy atom. The summed E-state index contributed by atoms with van der Waals surface area (Å²) in [6, 6.07) is -0.660. The molecular weight excluding hydrogens is 190 g/mol. The zero-order valence-electron chi connectivity index (χ0n) is 8.40. The first-order valence-corrected chi connectivity index (χ1v) is 4.08. The zero-order valence-corrected chi connectivity index (χ0v) is 8.40. The summed E-state index contributed by atoms with van der Waals surface area (Å²) in [5.41, 5.74) is 7.94. The molecule has 14 heavy (non-hydrogen) atoms. The number of nitrogens with one attached hydrogen (secondary N) is 1. The van der Waals surface area contributed by atoms with E-state index in [9.17, 15) is 4.79 Å². The normalized spacial score (nSPS) is 10.0. The Kier molecular flexibility index (Phi) is 6.98. The van der Waals surface area contributed by atoms with E-state index in [1.54, 1.807) is 0 Å². The number of hydrogen-bond acceptors (Lipinski definition) is 6. The van der Waals surface area contributed by atoms with E-state index in [2.05, 4.69) is 10.3 Å². The molecule has 0 aromatic rings. The van der Waals surface area contributed by atoms with Crippen LogP contribution in [0.1, 0.15) is 6.42 Å². The van der Waals surface area contributed by atoms with Crippen molar-refractivity contribution in [3.63, 3.8) is 0 Å². The Bertz CT molecular complexity index is 168. The molecule has 0 aliphatic carbocycles. The first kappa shape index (κ1) is 13.1. The maximum absolute atomic E-state index is 11.3. The molecule has 8 heteroatoms. The number of amides is 2. The fourth-order valence-corrected chi connectivity index (χ4v) is 0.661. The van der Waals surface area contributed by atoms with Crippen LogP contribution in [0.4, 0.5) is 4.79 Å². The van der Waals surface area contributed by atoms with E-state index >= 15 is 0 Å². The van der Waals surface area contributed by atoms with Crippen molar-refractivity contribution in [1.29, 1.82) is 0 Å². The number of hydrazine groups is 2. The molecule has 5 N–H and O–H groups in total. The van der Waals surface area contributed by atoms with Gasteiger partial charge in [0, 0.05) is 6.54 Å². The smallest absolute Gasteiger partial charge is 0.330 e. The molecule has 0 saturated carbocycles. The maximum Gasteiger partial charge on any atom is 0.398 e. The third-order valence-electron chi connectivity index (χ3n) is 1.38. The minimum Gasteiger partial charge on any atom is -0.330 e. The molecule has 0 unspecified atom stereocenters. The number of rotatable bonds is 6. The minimum absolute atomic E-state index is 0.508. The van der Waals surface area contributed by atoms with Crippen molar-refractivity contribution in [1.82, 2.24) is 15.8 Å². The molecule has 0 bridgehead atoms. The van der Waals surface area contributed by atoms with Gasteiger partial charge in [-0.25, -0.2) is 16.1 Å². The second-order valence-corrected chi connectivity index (χ2v) is 2.32. The van der Waals surface area contributed by atoms with Gasteiger partial charge >= 0.3 is 6.03 Å². The molecule has 84 valence electrons. The third-order valence-corrected chi connectivity index (χ3v) is 1.38. The van der Waals surface area contributed by atoms with Gasteiger partial charge in [0.1, 0.15) is 0 Å². The monoisotopic (exact) mass is 207 g/mol. The summed E-state index contributed by atoms with van der Waals surface area (Å²) in [6.07, 6.45) is 0.713. The van der Waals surface area contributed by atoms with Crippen molar-refractivity contribution in [2.75, 3.05) is 27.3 Å². The lowest BCUT2D eigenvalue weighted by molar-refractivity contribution is -0.177. The van der Waals surface area contributed by atoms with Gasteiger partial charge in [0.2, 0.25) is 0 Å². The summed E-state index contributed by atoms with van der Waals surface area (Å²) in [6.45, 7) is 1.03. The lowest BCUT2D eigenvalue weighted by Crippen LogP contribution is -2.51. The first-order valence-electron chi connectivity index (χ1n) is 4.08. The summed E-state index contributed by atoms with van der Waals surface area (Å²) in [5.74, 6) is 5.17. The number of carbonyl (C=O) groups is 1. The van der Waals surface area contributed by atoms with Crippen molar-refractivity contribution < 1.29 is 14.5 Å². The van der Waals surface area contributed by atoms with E-state index in [1.165, 1.54) is 14.2 Å². The number of hydroxylamine groups is 2. The van der Waals surface area contributed by atoms with Crippen LogP contribution < -0.4 is 17.0 Å². The predicted molar refractivity (Wildman–Crippen MR) is 49.0 cm³/mol. The van der Waals surface area contributed by atoms with Crippen LogP contribution >= 0.6 is 0 Å². The third kappa shape index (κ3) is 4.35. The Morgan fingerprint density at radius 3 is 2.50 bits per heavy atom. The van der Waals surface area contributed by atoms with Crippen LogP contribution in [-0.4, -0.2) is 43.7 Å². The molecule has 2 amide bonds. The number of nitrogens with zero attached hydrogens (tertiary/aromatic N) is 2. The zero-order chi connectivity index (χ0) is 11.0. The Balaban J connectivity index is 3.92. The maximum atomic E-state index is 11.3. The Morgan fingerprint density at radius 1 is 1.43 bits per heavy atom. The molecule has 0 aliphatic rings. The lowest BCUT2D eigenvalue weighted by atomic mass is 10.4. The number of urea groups is 1. The molecule has 0 aromatic carbocycles. The lowest BCUT2D eigenvalue weighted by Gasteiger charge is -2.23. The Hall–Kier alpha value is -0.930. The SMILES string of the molecule is CON(N)C(=O)N(NCCCN)OC. The van der Waals surface area contributed by atoms with Crippen LogP contribution in [0.3, 0.4) is 0 Å². The van der Waals surface area contributed by atoms with E-state index in [0.717, 1.165) is 5.17 Å². The second-order valence-electron chi connectivity index (χ2n) is 2.32. The molecule has 0 radical (unpaired) electrons. The van der Waals surface area contributed by atoms with E-state index < -0.39 is 6.03 Å². The molecule has 0 spiro atoms. The quantitative estimate of drug-likeness (QED) is 0.213. The average molecular weight is 207 g/mol. The molecule has 8 nitrogen and oxygen atoms in total. The average Bonchev–Trinajstić information content (AvgIpc) is 2.22. The molecule has 0 heterocycles. The summed E-state index contributed by atoms with van der Waals surface area (Å²) in [5, 5.41) is 1.40. The van der Waals surface area contributed by atoms with Gasteiger partial charge in [-0.1, -0.05) is 0 Å². The summed E-state index contributed by atoms with van der Waals surface area (Å²) < 4.78 is 0. The van der Waals surface area contributed by atoms with Crippen LogP contribution in [0.2, 0.25) is 0 Å². The highest BCUT2D eigenvalue weighted by atomic mass is 16.8. The Labute approximate surface area is 82.6 Å². The largest absolute Gasteiger partial charge is 0.398 e. The molecule has 0 aromatic heterocycles. The van der Waals surface area contributed by atoms with Gasteiger partial charge in [-0.3, -0.25) is 9.68 Å². The molecular formula is C6H17N5O3. The number of nitrogens with two attached hydrogens (primary N) is 2. The fourth-order valence-electron chi connectivity index (χ4n) is 0.661. The van der Waals surface area contributed by atoms with Crippen LogP contribution in [0.5, 0.6) is 0 Å². The standard InChI is InChI=1S/C6H17N5O3/c1-13-10(8)6(12)11(14-2)9-5-3-4-7/h9H,3-5,7-8H2,1-2H3. The van der Waals surface area contributed by atoms with Crippen LogP contribution in [0, 0.1) is 0 Å². The molecule has 0 fully saturated rings. The van der Waals surface area contributed by atoms with Gasteiger partial charge in [0.05, 0.1) is 14.2 Å². The van der Waals surface area contributed by atoms with E-state index in [1.807, 2.05) is 0 Å². The van der Waals surface area contributed by atoms with Crippen molar-refractivity contribution in [3.05, 3.63) is 0 Å². The molecule has 0 rings (SSSR count). The van der Waals surface area contributed by atoms with Gasteiger partial charge in [0.15, 0.2) is 0 Å². The minimum atomic E-state index is -0.660. The van der Waals surface area contributed by atoms with Crippen molar-refractivity contribution in [3.8, 4) is 0 Å². The van der Waals surface area contributed by atoms with Crippen LogP contribution in [-0.2, 0) is 9.68 Å². The number of carbonyl (C=O) groups excluding carboxylic acids is 1. The predicted octanol–water partition coefficient (Wildman–Crippen LogP) is -1.44. The van der Waals surface area contributed by atoms with Gasteiger partial charge in [-0.15, -0.1) is 10.3 Å². The van der Waals surface area contributed by atoms with Gasteiger partial charge < -0.3 is 5.73 Å². The molecule has 0 saturated heterocycles. The van der Waals surface area contributed by atoms with E-state index in [-0.39, 0.29) is 0 Å². The number of hydrogen-bond donors (Lipinski definition) is 3. The molecule has 0 aliphatic heterocycles. The van der Waals surface area contributed by atoms with Gasteiger partial charge in [-0.2, -0.15) is 0 Å². The summed E-state index contributed by atoms with van der Waals surface area (Å²) >= 11 is 0. The summed E-state index contributed by atoms with van der Waals surface area (Å²) in [4.78, 5) is 20.5. The highest BCUT2D eigenvalue weighted by Gasteiger charge is 2.18. The van der Waals surface area contributed by atoms with Crippen LogP contribution in [0.25, 0.3) is 0 Å².